The number of rotatable bonds is 12. The van der Waals surface area contributed by atoms with Crippen molar-refractivity contribution in [3.05, 3.63) is 56.4 Å². The summed E-state index contributed by atoms with van der Waals surface area (Å²) in [5, 5.41) is 32.3. The largest absolute Gasteiger partial charge is 0.469 e. The van der Waals surface area contributed by atoms with Crippen LogP contribution in [0.2, 0.25) is 0 Å². The van der Waals surface area contributed by atoms with Crippen LogP contribution in [0.1, 0.15) is 19.8 Å². The molecule has 0 heterocycles. The first-order valence-corrected chi connectivity index (χ1v) is 10.8. The van der Waals surface area contributed by atoms with Crippen LogP contribution in [-0.2, 0) is 23.9 Å². The van der Waals surface area contributed by atoms with E-state index in [0.717, 1.165) is 0 Å². The van der Waals surface area contributed by atoms with Crippen molar-refractivity contribution in [3.63, 3.8) is 0 Å². The summed E-state index contributed by atoms with van der Waals surface area (Å²) in [5.74, 6) is -2.82. The van der Waals surface area contributed by atoms with E-state index in [1.165, 1.54) is 39.3 Å². The first kappa shape index (κ1) is 29.2. The Kier molecular flexibility index (Phi) is 10.2. The second kappa shape index (κ2) is 13.3. The molecular weight excluding hydrogens is 511 g/mol. The maximum absolute atomic E-state index is 14.1. The SMILES string of the molecule is COC(=O)CCN(CCC(=O)OC)c1ccc(N=Nc2cc(F)c([N+](=O)[O-])cc2[N+](=O)[O-])c(NC(C)=O)c1. The summed E-state index contributed by atoms with van der Waals surface area (Å²) in [6.07, 6.45) is -0.0199. The maximum Gasteiger partial charge on any atom is 0.311 e. The van der Waals surface area contributed by atoms with Crippen molar-refractivity contribution < 1.29 is 38.1 Å². The molecule has 0 unspecified atom stereocenters. The van der Waals surface area contributed by atoms with Crippen molar-refractivity contribution >= 4 is 52.0 Å². The van der Waals surface area contributed by atoms with Crippen molar-refractivity contribution in [2.24, 2.45) is 10.2 Å². The number of nitro groups is 2. The summed E-state index contributed by atoms with van der Waals surface area (Å²) in [7, 11) is 2.47. The van der Waals surface area contributed by atoms with Crippen LogP contribution in [0.5, 0.6) is 0 Å². The van der Waals surface area contributed by atoms with Gasteiger partial charge in [0.15, 0.2) is 5.69 Å². The van der Waals surface area contributed by atoms with E-state index in [2.05, 4.69) is 25.0 Å². The fraction of sp³-hybridized carbons (Fsp3) is 0.318. The predicted octanol–water partition coefficient (Wildman–Crippen LogP) is 3.95. The Morgan fingerprint density at radius 2 is 1.47 bits per heavy atom. The van der Waals surface area contributed by atoms with Gasteiger partial charge in [0.05, 0.1) is 48.7 Å². The first-order chi connectivity index (χ1) is 18.0. The van der Waals surface area contributed by atoms with E-state index in [-0.39, 0.29) is 37.3 Å². The van der Waals surface area contributed by atoms with Gasteiger partial charge in [0.25, 0.3) is 0 Å². The molecule has 0 spiro atoms. The molecule has 2 rings (SSSR count). The highest BCUT2D eigenvalue weighted by Gasteiger charge is 2.25. The zero-order valence-corrected chi connectivity index (χ0v) is 20.5. The third-order valence-corrected chi connectivity index (χ3v) is 4.99. The molecule has 0 radical (unpaired) electrons. The van der Waals surface area contributed by atoms with Gasteiger partial charge in [-0.3, -0.25) is 34.6 Å². The highest BCUT2D eigenvalue weighted by Crippen LogP contribution is 2.37. The summed E-state index contributed by atoms with van der Waals surface area (Å²) in [4.78, 5) is 56.9. The Bertz CT molecular complexity index is 1260. The smallest absolute Gasteiger partial charge is 0.311 e. The standard InChI is InChI=1S/C22H23FN6O9/c1-13(30)24-17-10-14(27(8-6-21(31)37-2)9-7-22(32)38-3)4-5-16(17)25-26-18-11-15(23)19(28(33)34)12-20(18)29(35)36/h4-5,10-12H,6-9H2,1-3H3,(H,24,30). The minimum atomic E-state index is -1.35. The molecule has 0 fully saturated rings. The number of ether oxygens (including phenoxy) is 2. The number of hydrogen-bond acceptors (Lipinski definition) is 12. The molecule has 0 aliphatic rings. The number of azo groups is 1. The molecule has 38 heavy (non-hydrogen) atoms. The lowest BCUT2D eigenvalue weighted by Crippen LogP contribution is -2.29. The van der Waals surface area contributed by atoms with Gasteiger partial charge in [-0.05, 0) is 18.2 Å². The van der Waals surface area contributed by atoms with Gasteiger partial charge in [0.1, 0.15) is 5.69 Å². The summed E-state index contributed by atoms with van der Waals surface area (Å²) in [6, 6.07) is 5.32. The number of benzene rings is 2. The summed E-state index contributed by atoms with van der Waals surface area (Å²) in [5.41, 5.74) is -1.96. The average molecular weight is 534 g/mol. The Labute approximate surface area is 214 Å². The number of carbonyl (C=O) groups excluding carboxylic acids is 3. The molecule has 0 saturated heterocycles. The van der Waals surface area contributed by atoms with Gasteiger partial charge < -0.3 is 19.7 Å². The van der Waals surface area contributed by atoms with E-state index in [0.29, 0.717) is 17.8 Å². The topological polar surface area (TPSA) is 196 Å². The number of nitrogens with one attached hydrogen (secondary N) is 1. The van der Waals surface area contributed by atoms with Crippen molar-refractivity contribution in [2.75, 3.05) is 37.5 Å². The van der Waals surface area contributed by atoms with E-state index >= 15 is 0 Å². The van der Waals surface area contributed by atoms with Crippen molar-refractivity contribution in [3.8, 4) is 0 Å². The van der Waals surface area contributed by atoms with Crippen molar-refractivity contribution in [1.82, 2.24) is 0 Å². The van der Waals surface area contributed by atoms with E-state index in [9.17, 15) is 39.0 Å². The molecule has 2 aromatic rings. The average Bonchev–Trinajstić information content (AvgIpc) is 2.86. The number of hydrogen-bond donors (Lipinski definition) is 1. The first-order valence-electron chi connectivity index (χ1n) is 10.8. The van der Waals surface area contributed by atoms with Crippen LogP contribution in [0.25, 0.3) is 0 Å². The van der Waals surface area contributed by atoms with Gasteiger partial charge in [-0.15, -0.1) is 10.2 Å². The number of esters is 2. The number of nitro benzene ring substituents is 2. The van der Waals surface area contributed by atoms with E-state index in [1.54, 1.807) is 4.90 Å². The van der Waals surface area contributed by atoms with E-state index < -0.39 is 50.6 Å². The fourth-order valence-corrected chi connectivity index (χ4v) is 3.14. The maximum atomic E-state index is 14.1. The Balaban J connectivity index is 2.49. The number of carbonyl (C=O) groups is 3. The van der Waals surface area contributed by atoms with Gasteiger partial charge in [-0.2, -0.15) is 4.39 Å². The number of halogens is 1. The molecule has 0 atom stereocenters. The Morgan fingerprint density at radius 3 is 1.97 bits per heavy atom. The van der Waals surface area contributed by atoms with Crippen LogP contribution in [0.4, 0.5) is 38.5 Å². The molecular formula is C22H23FN6O9. The Morgan fingerprint density at radius 1 is 0.921 bits per heavy atom. The molecule has 1 N–H and O–H groups in total. The minimum Gasteiger partial charge on any atom is -0.469 e. The predicted molar refractivity (Wildman–Crippen MR) is 130 cm³/mol. The normalized spacial score (nSPS) is 10.6. The third-order valence-electron chi connectivity index (χ3n) is 4.99. The van der Waals surface area contributed by atoms with Crippen molar-refractivity contribution in [1.29, 1.82) is 0 Å². The highest BCUT2D eigenvalue weighted by molar-refractivity contribution is 5.93. The van der Waals surface area contributed by atoms with Gasteiger partial charge in [-0.1, -0.05) is 0 Å². The van der Waals surface area contributed by atoms with Gasteiger partial charge in [0.2, 0.25) is 11.7 Å². The van der Waals surface area contributed by atoms with Crippen LogP contribution in [0.15, 0.2) is 40.6 Å². The molecule has 16 heteroatoms. The van der Waals surface area contributed by atoms with Gasteiger partial charge >= 0.3 is 23.3 Å². The lowest BCUT2D eigenvalue weighted by molar-refractivity contribution is -0.395. The zero-order valence-electron chi connectivity index (χ0n) is 20.5. The molecule has 0 bridgehead atoms. The summed E-state index contributed by atoms with van der Waals surface area (Å²) < 4.78 is 23.4. The number of methoxy groups -OCH3 is 2. The molecule has 0 aromatic heterocycles. The second-order valence-electron chi connectivity index (χ2n) is 7.53. The molecule has 15 nitrogen and oxygen atoms in total. The number of amides is 1. The van der Waals surface area contributed by atoms with Crippen LogP contribution < -0.4 is 10.2 Å². The molecule has 1 amide bonds. The fourth-order valence-electron chi connectivity index (χ4n) is 3.14. The van der Waals surface area contributed by atoms with Crippen LogP contribution in [0.3, 0.4) is 0 Å². The van der Waals surface area contributed by atoms with E-state index in [4.69, 9.17) is 0 Å². The minimum absolute atomic E-state index is 0.00994. The highest BCUT2D eigenvalue weighted by atomic mass is 19.1. The molecule has 0 aliphatic carbocycles. The monoisotopic (exact) mass is 534 g/mol. The van der Waals surface area contributed by atoms with Crippen molar-refractivity contribution in [2.45, 2.75) is 19.8 Å². The number of anilines is 2. The van der Waals surface area contributed by atoms with Crippen LogP contribution >= 0.6 is 0 Å². The van der Waals surface area contributed by atoms with Crippen LogP contribution in [-0.4, -0.2) is 55.0 Å². The molecule has 0 saturated carbocycles. The third kappa shape index (κ3) is 8.00. The molecule has 202 valence electrons. The quantitative estimate of drug-likeness (QED) is 0.180. The summed E-state index contributed by atoms with van der Waals surface area (Å²) in [6.45, 7) is 1.52. The molecule has 2 aromatic carbocycles. The van der Waals surface area contributed by atoms with Gasteiger partial charge in [0, 0.05) is 31.8 Å². The lowest BCUT2D eigenvalue weighted by Gasteiger charge is -2.25. The Hall–Kier alpha value is -5.02. The van der Waals surface area contributed by atoms with Crippen LogP contribution in [0, 0.1) is 26.0 Å². The summed E-state index contributed by atoms with van der Waals surface area (Å²) >= 11 is 0. The zero-order chi connectivity index (χ0) is 28.4. The van der Waals surface area contributed by atoms with Gasteiger partial charge in [-0.25, -0.2) is 0 Å². The molecule has 0 aliphatic heterocycles. The second-order valence-corrected chi connectivity index (χ2v) is 7.53. The number of nitrogens with zero attached hydrogens (tertiary/aromatic N) is 5. The van der Waals surface area contributed by atoms with E-state index in [1.807, 2.05) is 0 Å². The lowest BCUT2D eigenvalue weighted by atomic mass is 10.2.